The second-order valence-corrected chi connectivity index (χ2v) is 7.94. The fourth-order valence-electron chi connectivity index (χ4n) is 3.41. The zero-order chi connectivity index (χ0) is 22.8. The molecule has 0 saturated carbocycles. The lowest BCUT2D eigenvalue weighted by Gasteiger charge is -2.10. The number of pyridine rings is 1. The second kappa shape index (κ2) is 8.77. The van der Waals surface area contributed by atoms with Crippen molar-refractivity contribution in [2.75, 3.05) is 5.32 Å². The Hall–Kier alpha value is -3.77. The minimum absolute atomic E-state index is 0.186. The Bertz CT molecular complexity index is 1390. The number of aliphatic hydroxyl groups is 1. The van der Waals surface area contributed by atoms with Gasteiger partial charge in [-0.2, -0.15) is 0 Å². The standard InChI is InChI=1S/C26H25N3O3/c1-15-5-8-20(9-6-15)28-25(31)23-12-22-19(14-30)13-27-18(4)24(22)32-26(23)29-21-10-7-16(2)17(3)11-21/h5-13,30H,14H2,1-4H3,(H,28,31). The Morgan fingerprint density at radius 2 is 1.78 bits per heavy atom. The number of hydrogen-bond donors (Lipinski definition) is 2. The predicted molar refractivity (Wildman–Crippen MR) is 125 cm³/mol. The van der Waals surface area contributed by atoms with Crippen molar-refractivity contribution >= 4 is 28.3 Å². The van der Waals surface area contributed by atoms with Gasteiger partial charge in [0, 0.05) is 22.8 Å². The molecule has 0 atom stereocenters. The van der Waals surface area contributed by atoms with E-state index in [0.29, 0.717) is 33.6 Å². The molecule has 2 aromatic heterocycles. The van der Waals surface area contributed by atoms with Crippen molar-refractivity contribution in [3.05, 3.63) is 93.8 Å². The number of nitrogens with one attached hydrogen (secondary N) is 1. The van der Waals surface area contributed by atoms with Gasteiger partial charge < -0.3 is 14.8 Å². The van der Waals surface area contributed by atoms with Crippen molar-refractivity contribution in [1.29, 1.82) is 0 Å². The molecule has 0 aliphatic heterocycles. The van der Waals surface area contributed by atoms with Crippen LogP contribution in [0.2, 0.25) is 0 Å². The first-order valence-corrected chi connectivity index (χ1v) is 10.4. The maximum Gasteiger partial charge on any atom is 0.261 e. The molecule has 4 rings (SSSR count). The number of hydrogen-bond acceptors (Lipinski definition) is 5. The van der Waals surface area contributed by atoms with Crippen LogP contribution in [0.4, 0.5) is 11.4 Å². The van der Waals surface area contributed by atoms with Crippen LogP contribution in [0.5, 0.6) is 0 Å². The van der Waals surface area contributed by atoms with Gasteiger partial charge in [0.15, 0.2) is 5.58 Å². The summed E-state index contributed by atoms with van der Waals surface area (Å²) < 4.78 is 6.12. The smallest absolute Gasteiger partial charge is 0.261 e. The van der Waals surface area contributed by atoms with E-state index in [4.69, 9.17) is 4.42 Å². The third kappa shape index (κ3) is 4.31. The molecular formula is C26H25N3O3. The van der Waals surface area contributed by atoms with Crippen LogP contribution < -0.4 is 10.9 Å². The topological polar surface area (TPSA) is 87.7 Å². The number of carbonyl (C=O) groups is 1. The maximum atomic E-state index is 13.3. The minimum Gasteiger partial charge on any atom is -0.436 e. The summed E-state index contributed by atoms with van der Waals surface area (Å²) in [5, 5.41) is 13.3. The average molecular weight is 428 g/mol. The molecule has 0 aliphatic rings. The molecule has 2 aromatic carbocycles. The molecule has 6 nitrogen and oxygen atoms in total. The Kier molecular flexibility index (Phi) is 5.88. The molecule has 2 heterocycles. The summed E-state index contributed by atoms with van der Waals surface area (Å²) >= 11 is 0. The summed E-state index contributed by atoms with van der Waals surface area (Å²) in [4.78, 5) is 22.2. The van der Waals surface area contributed by atoms with Crippen LogP contribution in [0.25, 0.3) is 11.0 Å². The predicted octanol–water partition coefficient (Wildman–Crippen LogP) is 5.04. The van der Waals surface area contributed by atoms with E-state index in [9.17, 15) is 9.90 Å². The van der Waals surface area contributed by atoms with Crippen LogP contribution in [0.15, 0.2) is 64.1 Å². The molecule has 32 heavy (non-hydrogen) atoms. The van der Waals surface area contributed by atoms with Gasteiger partial charge in [0.25, 0.3) is 5.91 Å². The van der Waals surface area contributed by atoms with E-state index in [1.807, 2.05) is 70.2 Å². The summed E-state index contributed by atoms with van der Waals surface area (Å²) in [5.74, 6) is -0.347. The van der Waals surface area contributed by atoms with Crippen molar-refractivity contribution in [3.8, 4) is 0 Å². The number of carbonyl (C=O) groups excluding carboxylic acids is 1. The van der Waals surface area contributed by atoms with Crippen molar-refractivity contribution < 1.29 is 14.3 Å². The van der Waals surface area contributed by atoms with Gasteiger partial charge in [0.2, 0.25) is 5.55 Å². The van der Waals surface area contributed by atoms with Gasteiger partial charge in [-0.3, -0.25) is 9.78 Å². The van der Waals surface area contributed by atoms with Gasteiger partial charge in [0.1, 0.15) is 5.56 Å². The number of nitrogens with zero attached hydrogens (tertiary/aromatic N) is 2. The van der Waals surface area contributed by atoms with Crippen LogP contribution in [0.1, 0.15) is 38.3 Å². The van der Waals surface area contributed by atoms with E-state index < -0.39 is 0 Å². The normalized spacial score (nSPS) is 11.7. The van der Waals surface area contributed by atoms with Gasteiger partial charge in [-0.15, -0.1) is 0 Å². The summed E-state index contributed by atoms with van der Waals surface area (Å²) in [5.41, 5.74) is 6.89. The number of aliphatic hydroxyl groups excluding tert-OH is 1. The lowest BCUT2D eigenvalue weighted by atomic mass is 10.1. The van der Waals surface area contributed by atoms with Crippen LogP contribution in [0.3, 0.4) is 0 Å². The van der Waals surface area contributed by atoms with Crippen LogP contribution in [-0.4, -0.2) is 16.0 Å². The lowest BCUT2D eigenvalue weighted by molar-refractivity contribution is 0.102. The molecule has 0 bridgehead atoms. The molecule has 2 N–H and O–H groups in total. The highest BCUT2D eigenvalue weighted by molar-refractivity contribution is 6.05. The van der Waals surface area contributed by atoms with E-state index >= 15 is 0 Å². The molecule has 1 amide bonds. The molecule has 0 radical (unpaired) electrons. The number of aryl methyl sites for hydroxylation is 4. The second-order valence-electron chi connectivity index (χ2n) is 7.94. The highest BCUT2D eigenvalue weighted by Gasteiger charge is 2.16. The first kappa shape index (κ1) is 21.5. The van der Waals surface area contributed by atoms with Gasteiger partial charge >= 0.3 is 0 Å². The Labute approximate surface area is 186 Å². The Morgan fingerprint density at radius 1 is 1.03 bits per heavy atom. The zero-order valence-corrected chi connectivity index (χ0v) is 18.6. The monoisotopic (exact) mass is 427 g/mol. The van der Waals surface area contributed by atoms with Crippen LogP contribution in [0, 0.1) is 27.7 Å². The van der Waals surface area contributed by atoms with E-state index in [1.54, 1.807) is 12.3 Å². The molecule has 6 heteroatoms. The van der Waals surface area contributed by atoms with Gasteiger partial charge in [-0.05, 0) is 69.2 Å². The van der Waals surface area contributed by atoms with Crippen molar-refractivity contribution in [2.45, 2.75) is 34.3 Å². The molecular weight excluding hydrogens is 402 g/mol. The molecule has 0 aliphatic carbocycles. The largest absolute Gasteiger partial charge is 0.436 e. The molecule has 0 fully saturated rings. The van der Waals surface area contributed by atoms with Gasteiger partial charge in [-0.25, -0.2) is 4.99 Å². The number of rotatable bonds is 4. The SMILES string of the molecule is Cc1ccc(NC(=O)c2cc3c(CO)cnc(C)c3oc2=Nc2ccc(C)c(C)c2)cc1. The van der Waals surface area contributed by atoms with Crippen molar-refractivity contribution in [2.24, 2.45) is 4.99 Å². The van der Waals surface area contributed by atoms with Crippen LogP contribution >= 0.6 is 0 Å². The van der Waals surface area contributed by atoms with E-state index in [2.05, 4.69) is 15.3 Å². The lowest BCUT2D eigenvalue weighted by Crippen LogP contribution is -2.22. The number of fused-ring (bicyclic) bond motifs is 1. The molecule has 4 aromatic rings. The van der Waals surface area contributed by atoms with Gasteiger partial charge in [0.05, 0.1) is 18.0 Å². The van der Waals surface area contributed by atoms with Gasteiger partial charge in [-0.1, -0.05) is 23.8 Å². The number of aromatic nitrogens is 1. The third-order valence-corrected chi connectivity index (χ3v) is 5.50. The Balaban J connectivity index is 1.92. The van der Waals surface area contributed by atoms with E-state index in [1.165, 1.54) is 0 Å². The highest BCUT2D eigenvalue weighted by Crippen LogP contribution is 2.23. The Morgan fingerprint density at radius 3 is 2.47 bits per heavy atom. The third-order valence-electron chi connectivity index (χ3n) is 5.50. The highest BCUT2D eigenvalue weighted by atomic mass is 16.3. The maximum absolute atomic E-state index is 13.3. The number of amides is 1. The minimum atomic E-state index is -0.347. The number of anilines is 1. The van der Waals surface area contributed by atoms with Crippen molar-refractivity contribution in [3.63, 3.8) is 0 Å². The first-order valence-electron chi connectivity index (χ1n) is 10.4. The fourth-order valence-corrected chi connectivity index (χ4v) is 3.41. The first-order chi connectivity index (χ1) is 15.4. The molecule has 0 saturated heterocycles. The number of benzene rings is 2. The van der Waals surface area contributed by atoms with Crippen LogP contribution in [-0.2, 0) is 6.61 Å². The summed E-state index contributed by atoms with van der Waals surface area (Å²) in [7, 11) is 0. The van der Waals surface area contributed by atoms with E-state index in [0.717, 1.165) is 16.7 Å². The molecule has 0 spiro atoms. The molecule has 0 unspecified atom stereocenters. The quantitative estimate of drug-likeness (QED) is 0.478. The summed E-state index contributed by atoms with van der Waals surface area (Å²) in [6.45, 7) is 7.63. The summed E-state index contributed by atoms with van der Waals surface area (Å²) in [6, 6.07) is 15.1. The molecule has 162 valence electrons. The summed E-state index contributed by atoms with van der Waals surface area (Å²) in [6.07, 6.45) is 1.59. The zero-order valence-electron chi connectivity index (χ0n) is 18.6. The van der Waals surface area contributed by atoms with Crippen molar-refractivity contribution in [1.82, 2.24) is 4.98 Å². The van der Waals surface area contributed by atoms with E-state index in [-0.39, 0.29) is 23.6 Å². The average Bonchev–Trinajstić information content (AvgIpc) is 2.78. The fraction of sp³-hybridized carbons (Fsp3) is 0.192.